The molecule has 0 fully saturated rings. The molecule has 0 aromatic carbocycles. The first kappa shape index (κ1) is 21.9. The number of anilines is 1. The number of aromatic carboxylic acids is 1. The second-order valence-electron chi connectivity index (χ2n) is 7.73. The van der Waals surface area contributed by atoms with Crippen molar-refractivity contribution in [1.29, 1.82) is 0 Å². The van der Waals surface area contributed by atoms with Crippen LogP contribution in [0.15, 0.2) is 23.3 Å². The van der Waals surface area contributed by atoms with Gasteiger partial charge in [0.15, 0.2) is 0 Å². The van der Waals surface area contributed by atoms with Crippen LogP contribution in [0, 0.1) is 5.92 Å². The summed E-state index contributed by atoms with van der Waals surface area (Å²) in [5.41, 5.74) is 1.65. The molecule has 2 atom stereocenters. The fourth-order valence-corrected chi connectivity index (χ4v) is 5.40. The van der Waals surface area contributed by atoms with E-state index in [2.05, 4.69) is 10.6 Å². The number of amides is 2. The van der Waals surface area contributed by atoms with E-state index in [1.165, 1.54) is 0 Å². The van der Waals surface area contributed by atoms with Crippen molar-refractivity contribution in [2.75, 3.05) is 11.9 Å². The third-order valence-electron chi connectivity index (χ3n) is 5.80. The van der Waals surface area contributed by atoms with E-state index in [0.717, 1.165) is 16.9 Å². The first-order valence-electron chi connectivity index (χ1n) is 9.97. The summed E-state index contributed by atoms with van der Waals surface area (Å²) in [5, 5.41) is 23.2. The Balaban J connectivity index is 1.45. The molecule has 0 saturated carbocycles. The molecular formula is C21H20N2O8S. The van der Waals surface area contributed by atoms with Crippen molar-refractivity contribution in [3.05, 3.63) is 39.3 Å². The molecule has 2 aliphatic carbocycles. The number of hydrogen-bond donors (Lipinski definition) is 4. The van der Waals surface area contributed by atoms with Crippen LogP contribution < -0.4 is 10.6 Å². The predicted octanol–water partition coefficient (Wildman–Crippen LogP) is 1.26. The summed E-state index contributed by atoms with van der Waals surface area (Å²) < 4.78 is 5.73. The highest BCUT2D eigenvalue weighted by atomic mass is 32.1. The minimum absolute atomic E-state index is 0.0494. The van der Waals surface area contributed by atoms with Gasteiger partial charge in [-0.05, 0) is 24.0 Å². The number of thiophene rings is 1. The number of Topliss-reactive ketones (excluding diaryl/α,β-unsaturated/α-hetero) is 1. The predicted molar refractivity (Wildman–Crippen MR) is 111 cm³/mol. The first-order valence-corrected chi connectivity index (χ1v) is 10.8. The van der Waals surface area contributed by atoms with Gasteiger partial charge < -0.3 is 25.6 Å². The molecule has 0 bridgehead atoms. The molecule has 3 aliphatic rings. The highest BCUT2D eigenvalue weighted by Crippen LogP contribution is 2.39. The van der Waals surface area contributed by atoms with E-state index in [-0.39, 0.29) is 54.2 Å². The lowest BCUT2D eigenvalue weighted by Gasteiger charge is -2.24. The number of aliphatic carboxylic acids is 1. The zero-order valence-corrected chi connectivity index (χ0v) is 17.6. The molecule has 1 aliphatic heterocycles. The summed E-state index contributed by atoms with van der Waals surface area (Å²) >= 11 is 0.956. The largest absolute Gasteiger partial charge is 0.478 e. The molecule has 4 N–H and O–H groups in total. The molecule has 0 spiro atoms. The first-order chi connectivity index (χ1) is 15.3. The van der Waals surface area contributed by atoms with Gasteiger partial charge in [-0.2, -0.15) is 0 Å². The summed E-state index contributed by atoms with van der Waals surface area (Å²) in [6.07, 6.45) is 4.89. The van der Waals surface area contributed by atoms with Crippen LogP contribution in [-0.2, 0) is 36.9 Å². The lowest BCUT2D eigenvalue weighted by atomic mass is 9.89. The molecule has 4 rings (SSSR count). The Morgan fingerprint density at radius 1 is 1.19 bits per heavy atom. The van der Waals surface area contributed by atoms with Crippen LogP contribution in [0.4, 0.5) is 5.00 Å². The number of ketones is 1. The Hall–Kier alpha value is -3.31. The number of carboxylic acid groups (broad SMARTS) is 2. The summed E-state index contributed by atoms with van der Waals surface area (Å²) in [4.78, 5) is 59.5. The monoisotopic (exact) mass is 460 g/mol. The SMILES string of the molecule is O=C(O)C(=O)Nc1sc2c(c1C(=O)O)CC(CNC(=O)C1=C3CC=CCC3C(=O)C1)OC2. The fraction of sp³-hybridized carbons (Fsp3) is 0.381. The number of carbonyl (C=O) groups excluding carboxylic acids is 3. The van der Waals surface area contributed by atoms with E-state index in [1.54, 1.807) is 0 Å². The number of allylic oxidation sites excluding steroid dienone is 3. The summed E-state index contributed by atoms with van der Waals surface area (Å²) in [7, 11) is 0. The van der Waals surface area contributed by atoms with E-state index in [1.807, 2.05) is 12.2 Å². The zero-order valence-electron chi connectivity index (χ0n) is 16.8. The third kappa shape index (κ3) is 4.08. The maximum atomic E-state index is 12.7. The van der Waals surface area contributed by atoms with Gasteiger partial charge in [-0.3, -0.25) is 14.4 Å². The lowest BCUT2D eigenvalue weighted by Crippen LogP contribution is -2.37. The molecule has 32 heavy (non-hydrogen) atoms. The molecule has 2 heterocycles. The van der Waals surface area contributed by atoms with Gasteiger partial charge in [0.25, 0.3) is 0 Å². The molecule has 1 aromatic heterocycles. The quantitative estimate of drug-likeness (QED) is 0.377. The van der Waals surface area contributed by atoms with E-state index in [0.29, 0.717) is 28.9 Å². The van der Waals surface area contributed by atoms with Gasteiger partial charge in [-0.1, -0.05) is 12.2 Å². The zero-order chi connectivity index (χ0) is 23.0. The van der Waals surface area contributed by atoms with E-state index >= 15 is 0 Å². The average molecular weight is 460 g/mol. The van der Waals surface area contributed by atoms with Crippen molar-refractivity contribution in [3.8, 4) is 0 Å². The lowest BCUT2D eigenvalue weighted by molar-refractivity contribution is -0.147. The number of ether oxygens (including phenoxy) is 1. The average Bonchev–Trinajstić information content (AvgIpc) is 3.29. The number of carboxylic acids is 2. The summed E-state index contributed by atoms with van der Waals surface area (Å²) in [6, 6.07) is 0. The van der Waals surface area contributed by atoms with Crippen molar-refractivity contribution in [2.45, 2.75) is 38.4 Å². The number of hydrogen-bond acceptors (Lipinski definition) is 7. The van der Waals surface area contributed by atoms with E-state index in [4.69, 9.17) is 9.84 Å². The van der Waals surface area contributed by atoms with E-state index < -0.39 is 23.9 Å². The number of nitrogens with one attached hydrogen (secondary N) is 2. The topological polar surface area (TPSA) is 159 Å². The minimum Gasteiger partial charge on any atom is -0.478 e. The maximum absolute atomic E-state index is 12.7. The summed E-state index contributed by atoms with van der Waals surface area (Å²) in [5.74, 6) is -4.82. The fourth-order valence-electron chi connectivity index (χ4n) is 4.26. The van der Waals surface area contributed by atoms with Gasteiger partial charge in [0.05, 0.1) is 18.3 Å². The van der Waals surface area contributed by atoms with Gasteiger partial charge in [0.1, 0.15) is 10.8 Å². The Bertz CT molecular complexity index is 1100. The highest BCUT2D eigenvalue weighted by molar-refractivity contribution is 7.17. The van der Waals surface area contributed by atoms with Crippen LogP contribution in [0.5, 0.6) is 0 Å². The number of rotatable bonds is 5. The summed E-state index contributed by atoms with van der Waals surface area (Å²) in [6.45, 7) is 0.193. The Kier molecular flexibility index (Phi) is 5.94. The van der Waals surface area contributed by atoms with Crippen molar-refractivity contribution in [1.82, 2.24) is 5.32 Å². The van der Waals surface area contributed by atoms with Crippen LogP contribution in [0.3, 0.4) is 0 Å². The van der Waals surface area contributed by atoms with Crippen LogP contribution >= 0.6 is 11.3 Å². The van der Waals surface area contributed by atoms with Crippen molar-refractivity contribution < 1.29 is 38.9 Å². The number of fused-ring (bicyclic) bond motifs is 2. The Labute approximate surface area is 185 Å². The van der Waals surface area contributed by atoms with Crippen molar-refractivity contribution >= 4 is 45.9 Å². The minimum atomic E-state index is -1.72. The molecule has 11 heteroatoms. The Morgan fingerprint density at radius 3 is 2.69 bits per heavy atom. The van der Waals surface area contributed by atoms with Crippen LogP contribution in [0.2, 0.25) is 0 Å². The molecule has 10 nitrogen and oxygen atoms in total. The second-order valence-corrected chi connectivity index (χ2v) is 8.84. The normalized spacial score (nSPS) is 21.7. The molecule has 0 radical (unpaired) electrons. The molecular weight excluding hydrogens is 440 g/mol. The molecule has 2 amide bonds. The van der Waals surface area contributed by atoms with Gasteiger partial charge in [0, 0.05) is 35.8 Å². The second kappa shape index (κ2) is 8.67. The smallest absolute Gasteiger partial charge is 0.394 e. The molecule has 1 aromatic rings. The van der Waals surface area contributed by atoms with Gasteiger partial charge in [-0.25, -0.2) is 9.59 Å². The molecule has 168 valence electrons. The number of carbonyl (C=O) groups is 5. The van der Waals surface area contributed by atoms with E-state index in [9.17, 15) is 29.1 Å². The van der Waals surface area contributed by atoms with Crippen molar-refractivity contribution in [2.24, 2.45) is 5.92 Å². The molecule has 0 saturated heterocycles. The standard InChI is InChI=1S/C21H20N2O8S/c24-14-6-12(10-3-1-2-4-11(10)14)17(25)22-7-9-5-13-15(8-31-9)32-19(16(13)20(27)28)23-18(26)21(29)30/h1-2,9,11H,3-8H2,(H,22,25)(H,23,26)(H,27,28)(H,29,30). The third-order valence-corrected chi connectivity index (χ3v) is 6.92. The van der Waals surface area contributed by atoms with Crippen LogP contribution in [0.25, 0.3) is 0 Å². The highest BCUT2D eigenvalue weighted by Gasteiger charge is 2.36. The maximum Gasteiger partial charge on any atom is 0.394 e. The molecule has 2 unspecified atom stereocenters. The van der Waals surface area contributed by atoms with Gasteiger partial charge in [0.2, 0.25) is 5.91 Å². The van der Waals surface area contributed by atoms with Crippen LogP contribution in [-0.4, -0.2) is 52.4 Å². The van der Waals surface area contributed by atoms with Crippen molar-refractivity contribution in [3.63, 3.8) is 0 Å². The van der Waals surface area contributed by atoms with Gasteiger partial charge in [-0.15, -0.1) is 11.3 Å². The Morgan fingerprint density at radius 2 is 1.97 bits per heavy atom. The van der Waals surface area contributed by atoms with Gasteiger partial charge >= 0.3 is 17.8 Å². The van der Waals surface area contributed by atoms with Crippen LogP contribution in [0.1, 0.15) is 40.1 Å².